The standard InChI is InChI=1S/C30H35NO9/c1-28-10-8-21(32)14-20(28)6-7-22-23-9-11-30(36,29(23,2)15-24(33)27(22)28)25(34)17-39-26(35)13-18-4-3-5-19(12-18)16-40-31(37)38/h3-6,8,10,12,22-24,27,33,36H,7,9,11,13-17H2,1-2H3/t22-,23-,24-,27+,28-,29-,30-/m0/s1. The molecule has 214 valence electrons. The van der Waals surface area contributed by atoms with E-state index in [-0.39, 0.29) is 49.4 Å². The number of benzene rings is 1. The third kappa shape index (κ3) is 4.66. The number of allylic oxidation sites excluding steroid dienone is 4. The molecule has 0 bridgehead atoms. The summed E-state index contributed by atoms with van der Waals surface area (Å²) in [6.45, 7) is 3.10. The molecule has 4 aliphatic rings. The van der Waals surface area contributed by atoms with Crippen molar-refractivity contribution in [3.63, 3.8) is 0 Å². The Kier molecular flexibility index (Phi) is 7.20. The lowest BCUT2D eigenvalue weighted by atomic mass is 9.47. The number of fused-ring (bicyclic) bond motifs is 5. The van der Waals surface area contributed by atoms with Crippen molar-refractivity contribution in [3.05, 3.63) is 69.3 Å². The molecule has 2 N–H and O–H groups in total. The van der Waals surface area contributed by atoms with Gasteiger partial charge < -0.3 is 19.8 Å². The molecule has 0 amide bonds. The largest absolute Gasteiger partial charge is 0.457 e. The smallest absolute Gasteiger partial charge is 0.310 e. The van der Waals surface area contributed by atoms with E-state index in [0.717, 1.165) is 5.57 Å². The van der Waals surface area contributed by atoms with Crippen LogP contribution in [0.2, 0.25) is 0 Å². The van der Waals surface area contributed by atoms with Gasteiger partial charge in [0.1, 0.15) is 12.2 Å². The number of esters is 1. The Hall–Kier alpha value is -3.37. The van der Waals surface area contributed by atoms with Crippen LogP contribution < -0.4 is 0 Å². The summed E-state index contributed by atoms with van der Waals surface area (Å²) in [6, 6.07) is 6.52. The molecule has 7 atom stereocenters. The number of aliphatic hydroxyl groups excluding tert-OH is 1. The molecule has 10 heteroatoms. The minimum Gasteiger partial charge on any atom is -0.457 e. The van der Waals surface area contributed by atoms with E-state index in [0.29, 0.717) is 30.4 Å². The van der Waals surface area contributed by atoms with Crippen LogP contribution in [0.1, 0.15) is 57.1 Å². The van der Waals surface area contributed by atoms with Gasteiger partial charge in [-0.1, -0.05) is 55.8 Å². The molecule has 0 heterocycles. The third-order valence-electron chi connectivity index (χ3n) is 10.1. The molecule has 0 saturated heterocycles. The van der Waals surface area contributed by atoms with Crippen molar-refractivity contribution in [2.75, 3.05) is 6.61 Å². The molecule has 4 aliphatic carbocycles. The number of hydrogen-bond acceptors (Lipinski definition) is 9. The quantitative estimate of drug-likeness (QED) is 0.214. The number of aliphatic hydroxyl groups is 2. The summed E-state index contributed by atoms with van der Waals surface area (Å²) in [7, 11) is 0. The van der Waals surface area contributed by atoms with Gasteiger partial charge in [-0.3, -0.25) is 14.4 Å². The normalized spacial score (nSPS) is 36.1. The first-order chi connectivity index (χ1) is 18.9. The second kappa shape index (κ2) is 10.2. The first-order valence-electron chi connectivity index (χ1n) is 13.7. The summed E-state index contributed by atoms with van der Waals surface area (Å²) in [5, 5.41) is 32.8. The summed E-state index contributed by atoms with van der Waals surface area (Å²) in [6.07, 6.45) is 6.83. The minimum absolute atomic E-state index is 0.0182. The lowest BCUT2D eigenvalue weighted by molar-refractivity contribution is -0.763. The van der Waals surface area contributed by atoms with Crippen LogP contribution in [0, 0.1) is 38.7 Å². The van der Waals surface area contributed by atoms with Crippen molar-refractivity contribution >= 4 is 17.5 Å². The number of nitrogens with zero attached hydrogens (tertiary/aromatic N) is 1. The molecule has 0 spiro atoms. The van der Waals surface area contributed by atoms with E-state index in [2.05, 4.69) is 17.8 Å². The second-order valence-electron chi connectivity index (χ2n) is 12.2. The van der Waals surface area contributed by atoms with Gasteiger partial charge in [-0.05, 0) is 54.7 Å². The first-order valence-corrected chi connectivity index (χ1v) is 13.7. The van der Waals surface area contributed by atoms with Crippen LogP contribution in [0.25, 0.3) is 0 Å². The maximum atomic E-state index is 13.4. The highest BCUT2D eigenvalue weighted by Gasteiger charge is 2.67. The topological polar surface area (TPSA) is 153 Å². The fourth-order valence-electron chi connectivity index (χ4n) is 8.14. The highest BCUT2D eigenvalue weighted by Crippen LogP contribution is 2.66. The summed E-state index contributed by atoms with van der Waals surface area (Å²) < 4.78 is 5.28. The van der Waals surface area contributed by atoms with E-state index in [9.17, 15) is 34.7 Å². The Balaban J connectivity index is 1.26. The van der Waals surface area contributed by atoms with Crippen molar-refractivity contribution < 1.29 is 39.3 Å². The maximum absolute atomic E-state index is 13.4. The van der Waals surface area contributed by atoms with Crippen LogP contribution in [-0.2, 0) is 37.0 Å². The van der Waals surface area contributed by atoms with Crippen molar-refractivity contribution in [1.82, 2.24) is 0 Å². The Bertz CT molecular complexity index is 1300. The third-order valence-corrected chi connectivity index (χ3v) is 10.1. The predicted molar refractivity (Wildman–Crippen MR) is 141 cm³/mol. The molecule has 0 aliphatic heterocycles. The van der Waals surface area contributed by atoms with Crippen LogP contribution in [-0.4, -0.2) is 51.1 Å². The first kappa shape index (κ1) is 28.2. The van der Waals surface area contributed by atoms with Crippen LogP contribution in [0.4, 0.5) is 0 Å². The Morgan fingerprint density at radius 1 is 1.23 bits per heavy atom. The molecular weight excluding hydrogens is 518 g/mol. The molecule has 5 rings (SSSR count). The van der Waals surface area contributed by atoms with Gasteiger partial charge in [0.15, 0.2) is 12.4 Å². The number of rotatable bonds is 8. The number of hydrogen-bond donors (Lipinski definition) is 2. The van der Waals surface area contributed by atoms with Gasteiger partial charge in [0, 0.05) is 23.2 Å². The van der Waals surface area contributed by atoms with E-state index < -0.39 is 46.0 Å². The monoisotopic (exact) mass is 553 g/mol. The van der Waals surface area contributed by atoms with E-state index in [1.807, 2.05) is 13.0 Å². The van der Waals surface area contributed by atoms with E-state index in [4.69, 9.17) is 4.74 Å². The zero-order chi connectivity index (χ0) is 28.9. The molecule has 1 aromatic carbocycles. The molecule has 1 aromatic rings. The fraction of sp³-hybridized carbons (Fsp3) is 0.567. The number of carbonyl (C=O) groups is 3. The van der Waals surface area contributed by atoms with Crippen LogP contribution in [0.3, 0.4) is 0 Å². The van der Waals surface area contributed by atoms with Crippen molar-refractivity contribution in [3.8, 4) is 0 Å². The second-order valence-corrected chi connectivity index (χ2v) is 12.2. The number of ketones is 2. The van der Waals surface area contributed by atoms with Gasteiger partial charge in [0.05, 0.1) is 12.5 Å². The summed E-state index contributed by atoms with van der Waals surface area (Å²) in [5.74, 6) is -1.28. The van der Waals surface area contributed by atoms with Crippen molar-refractivity contribution in [1.29, 1.82) is 0 Å². The average Bonchev–Trinajstić information content (AvgIpc) is 3.17. The average molecular weight is 554 g/mol. The molecule has 0 unspecified atom stereocenters. The van der Waals surface area contributed by atoms with E-state index in [1.54, 1.807) is 30.3 Å². The van der Waals surface area contributed by atoms with Crippen LogP contribution in [0.15, 0.2) is 48.1 Å². The Morgan fingerprint density at radius 2 is 1.98 bits per heavy atom. The summed E-state index contributed by atoms with van der Waals surface area (Å²) in [4.78, 5) is 52.8. The summed E-state index contributed by atoms with van der Waals surface area (Å²) >= 11 is 0. The number of ether oxygens (including phenoxy) is 1. The van der Waals surface area contributed by atoms with Gasteiger partial charge in [-0.25, -0.2) is 0 Å². The van der Waals surface area contributed by atoms with E-state index >= 15 is 0 Å². The molecule has 0 radical (unpaired) electrons. The Labute approximate surface area is 232 Å². The number of Topliss-reactive ketones (excluding diaryl/α,β-unsaturated/α-hetero) is 1. The highest BCUT2D eigenvalue weighted by molar-refractivity contribution is 5.93. The minimum atomic E-state index is -1.74. The van der Waals surface area contributed by atoms with Gasteiger partial charge in [-0.15, -0.1) is 10.1 Å². The van der Waals surface area contributed by atoms with Gasteiger partial charge >= 0.3 is 5.97 Å². The van der Waals surface area contributed by atoms with Gasteiger partial charge in [-0.2, -0.15) is 0 Å². The van der Waals surface area contributed by atoms with Gasteiger partial charge in [0.25, 0.3) is 5.09 Å². The molecule has 0 aromatic heterocycles. The molecule has 10 nitrogen and oxygen atoms in total. The van der Waals surface area contributed by atoms with Crippen molar-refractivity contribution in [2.24, 2.45) is 28.6 Å². The molecule has 40 heavy (non-hydrogen) atoms. The molecule has 2 fully saturated rings. The van der Waals surface area contributed by atoms with E-state index in [1.165, 1.54) is 0 Å². The SMILES string of the molecule is C[C@]12C=CC(=O)CC1=CC[C@@H]1[C@@H]2[C@@H](O)C[C@@]2(C)[C@H]1CC[C@]2(O)C(=O)COC(=O)Cc1cccc(CO[N+](=O)[O-])c1. The highest BCUT2D eigenvalue weighted by atomic mass is 16.9. The lowest BCUT2D eigenvalue weighted by Crippen LogP contribution is -2.61. The van der Waals surface area contributed by atoms with Crippen molar-refractivity contribution in [2.45, 2.75) is 70.7 Å². The summed E-state index contributed by atoms with van der Waals surface area (Å²) in [5.41, 5.74) is -0.974. The Morgan fingerprint density at radius 3 is 2.73 bits per heavy atom. The predicted octanol–water partition coefficient (Wildman–Crippen LogP) is 3.06. The fourth-order valence-corrected chi connectivity index (χ4v) is 8.14. The van der Waals surface area contributed by atoms with Gasteiger partial charge in [0.2, 0.25) is 5.78 Å². The number of carbonyl (C=O) groups excluding carboxylic acids is 3. The molecular formula is C30H35NO9. The zero-order valence-electron chi connectivity index (χ0n) is 22.7. The van der Waals surface area contributed by atoms with Crippen LogP contribution in [0.5, 0.6) is 0 Å². The molecule has 2 saturated carbocycles. The lowest BCUT2D eigenvalue weighted by Gasteiger charge is -2.58. The zero-order valence-corrected chi connectivity index (χ0v) is 22.7. The van der Waals surface area contributed by atoms with Crippen LogP contribution >= 0.6 is 0 Å². The maximum Gasteiger partial charge on any atom is 0.310 e.